The van der Waals surface area contributed by atoms with Crippen molar-refractivity contribution >= 4 is 33.0 Å². The number of alkyl halides is 2. The molecule has 2 aliphatic carbocycles. The highest BCUT2D eigenvalue weighted by atomic mass is 32.2. The predicted molar refractivity (Wildman–Crippen MR) is 158 cm³/mol. The predicted octanol–water partition coefficient (Wildman–Crippen LogP) is 6.71. The van der Waals surface area contributed by atoms with Crippen LogP contribution in [0.25, 0.3) is 0 Å². The van der Waals surface area contributed by atoms with Crippen LogP contribution in [0.3, 0.4) is 0 Å². The molecule has 0 aliphatic heterocycles. The Morgan fingerprint density at radius 3 is 1.88 bits per heavy atom. The molecule has 2 bridgehead atoms. The molecule has 3 unspecified atom stereocenters. The molecule has 0 spiro atoms. The molecule has 3 aromatic carbocycles. The molecule has 3 aromatic rings. The highest BCUT2D eigenvalue weighted by Crippen LogP contribution is 2.48. The van der Waals surface area contributed by atoms with E-state index in [0.29, 0.717) is 23.7 Å². The van der Waals surface area contributed by atoms with Gasteiger partial charge in [-0.15, -0.1) is 0 Å². The first-order chi connectivity index (χ1) is 20.4. The summed E-state index contributed by atoms with van der Waals surface area (Å²) in [6.07, 6.45) is 3.48. The number of carbonyl (C=O) groups excluding carboxylic acids is 2. The maximum Gasteiger partial charge on any atom is 0.402 e. The van der Waals surface area contributed by atoms with Gasteiger partial charge in [0.1, 0.15) is 5.75 Å². The van der Waals surface area contributed by atoms with Crippen molar-refractivity contribution in [3.63, 3.8) is 0 Å². The maximum absolute atomic E-state index is 12.9. The Bertz CT molecular complexity index is 1490. The average molecular weight is 632 g/mol. The van der Waals surface area contributed by atoms with E-state index in [9.17, 15) is 26.8 Å². The standard InChI is InChI=1S/C22H19O2S.C10H14F2O5S/c1-17(2)22(23)24-18-13-15-21(16-14-18)25(19-9-5-3-6-10-19)20-11-7-4-8-12-20;11-10(12,18(14,15)16)5-17-9(13)8-4-6-1-2-7(8)3-6/h3-16H,1H2,2H3;6-8H,1-5H2,(H,14,15,16)/q+1;. The monoisotopic (exact) mass is 631 g/mol. The minimum absolute atomic E-state index is 0.168. The van der Waals surface area contributed by atoms with E-state index < -0.39 is 39.8 Å². The highest BCUT2D eigenvalue weighted by Gasteiger charge is 2.48. The normalized spacial score (nSPS) is 19.3. The lowest BCUT2D eigenvalue weighted by Gasteiger charge is -2.21. The summed E-state index contributed by atoms with van der Waals surface area (Å²) in [6.45, 7) is 3.61. The van der Waals surface area contributed by atoms with Crippen LogP contribution in [0.5, 0.6) is 5.75 Å². The summed E-state index contributed by atoms with van der Waals surface area (Å²) in [6, 6.07) is 28.6. The Morgan fingerprint density at radius 2 is 1.44 bits per heavy atom. The lowest BCUT2D eigenvalue weighted by atomic mass is 9.89. The Morgan fingerprint density at radius 1 is 0.907 bits per heavy atom. The van der Waals surface area contributed by atoms with Gasteiger partial charge in [-0.25, -0.2) is 4.79 Å². The summed E-state index contributed by atoms with van der Waals surface area (Å²) >= 11 is 0. The van der Waals surface area contributed by atoms with Crippen molar-refractivity contribution in [3.05, 3.63) is 97.1 Å². The highest BCUT2D eigenvalue weighted by molar-refractivity contribution is 7.97. The van der Waals surface area contributed by atoms with E-state index in [-0.39, 0.29) is 16.8 Å². The van der Waals surface area contributed by atoms with E-state index in [1.54, 1.807) is 6.92 Å². The van der Waals surface area contributed by atoms with Gasteiger partial charge in [-0.2, -0.15) is 17.2 Å². The Hall–Kier alpha value is -3.54. The van der Waals surface area contributed by atoms with Crippen LogP contribution < -0.4 is 4.74 Å². The minimum atomic E-state index is -5.54. The van der Waals surface area contributed by atoms with Gasteiger partial charge in [-0.3, -0.25) is 9.35 Å². The van der Waals surface area contributed by atoms with Crippen molar-refractivity contribution in [1.29, 1.82) is 0 Å². The van der Waals surface area contributed by atoms with Gasteiger partial charge in [0, 0.05) is 5.57 Å². The van der Waals surface area contributed by atoms with E-state index >= 15 is 0 Å². The molecule has 11 heteroatoms. The van der Waals surface area contributed by atoms with Gasteiger partial charge in [-0.05, 0) is 86.6 Å². The molecule has 2 fully saturated rings. The fourth-order valence-corrected chi connectivity index (χ4v) is 7.52. The third-order valence-electron chi connectivity index (χ3n) is 7.38. The van der Waals surface area contributed by atoms with Crippen molar-refractivity contribution < 1.29 is 40.8 Å². The molecule has 1 N–H and O–H groups in total. The van der Waals surface area contributed by atoms with Crippen molar-refractivity contribution in [2.24, 2.45) is 17.8 Å². The van der Waals surface area contributed by atoms with E-state index in [2.05, 4.69) is 59.8 Å². The number of ether oxygens (including phenoxy) is 2. The third-order valence-corrected chi connectivity index (χ3v) is 10.5. The number of fused-ring (bicyclic) bond motifs is 2. The van der Waals surface area contributed by atoms with Crippen molar-refractivity contribution in [3.8, 4) is 5.75 Å². The van der Waals surface area contributed by atoms with Crippen LogP contribution in [0.4, 0.5) is 8.78 Å². The first-order valence-electron chi connectivity index (χ1n) is 13.7. The van der Waals surface area contributed by atoms with Crippen LogP contribution in [0.1, 0.15) is 32.6 Å². The molecular formula is C32H33F2O7S2+. The number of halogens is 2. The van der Waals surface area contributed by atoms with Gasteiger partial charge < -0.3 is 9.47 Å². The molecule has 228 valence electrons. The first kappa shape index (κ1) is 32.4. The molecule has 3 atom stereocenters. The van der Waals surface area contributed by atoms with E-state index in [0.717, 1.165) is 19.3 Å². The molecule has 2 aliphatic rings. The second-order valence-corrected chi connectivity index (χ2v) is 14.1. The van der Waals surface area contributed by atoms with Gasteiger partial charge in [-0.1, -0.05) is 49.4 Å². The number of hydrogen-bond acceptors (Lipinski definition) is 6. The Kier molecular flexibility index (Phi) is 10.4. The molecule has 5 rings (SSSR count). The molecule has 0 heterocycles. The maximum atomic E-state index is 12.9. The van der Waals surface area contributed by atoms with E-state index in [4.69, 9.17) is 9.29 Å². The van der Waals surface area contributed by atoms with Crippen LogP contribution >= 0.6 is 0 Å². The SMILES string of the molecule is C=C(C)C(=O)Oc1ccc([S+](c2ccccc2)c2ccccc2)cc1.O=C(OCC(F)(F)S(=O)(=O)O)C1CC2CCC1C2. The van der Waals surface area contributed by atoms with E-state index in [1.807, 2.05) is 36.4 Å². The van der Waals surface area contributed by atoms with Gasteiger partial charge in [0.05, 0.1) is 16.8 Å². The smallest absolute Gasteiger partial charge is 0.402 e. The molecule has 7 nitrogen and oxygen atoms in total. The summed E-state index contributed by atoms with van der Waals surface area (Å²) in [5.41, 5.74) is 0.386. The van der Waals surface area contributed by atoms with Crippen molar-refractivity contribution in [2.75, 3.05) is 6.61 Å². The zero-order chi connectivity index (χ0) is 31.2. The lowest BCUT2D eigenvalue weighted by molar-refractivity contribution is -0.156. The molecule has 0 aromatic heterocycles. The van der Waals surface area contributed by atoms with Gasteiger partial charge in [0.2, 0.25) is 0 Å². The van der Waals surface area contributed by atoms with E-state index in [1.165, 1.54) is 14.7 Å². The lowest BCUT2D eigenvalue weighted by Crippen LogP contribution is -2.36. The molecule has 2 saturated carbocycles. The van der Waals surface area contributed by atoms with Crippen LogP contribution in [0, 0.1) is 17.8 Å². The average Bonchev–Trinajstić information content (AvgIpc) is 3.62. The fourth-order valence-electron chi connectivity index (χ4n) is 5.23. The van der Waals surface area contributed by atoms with Gasteiger partial charge >= 0.3 is 27.3 Å². The second kappa shape index (κ2) is 13.8. The summed E-state index contributed by atoms with van der Waals surface area (Å²) in [7, 11) is -5.74. The second-order valence-electron chi connectivity index (χ2n) is 10.6. The zero-order valence-corrected chi connectivity index (χ0v) is 25.2. The number of carbonyl (C=O) groups is 2. The minimum Gasteiger partial charge on any atom is -0.458 e. The molecule has 43 heavy (non-hydrogen) atoms. The summed E-state index contributed by atoms with van der Waals surface area (Å²) in [5.74, 6) is -0.442. The summed E-state index contributed by atoms with van der Waals surface area (Å²) in [4.78, 5) is 26.9. The number of hydrogen-bond donors (Lipinski definition) is 1. The Labute approximate surface area is 253 Å². The number of benzene rings is 3. The molecule has 0 radical (unpaired) electrons. The zero-order valence-electron chi connectivity index (χ0n) is 23.5. The summed E-state index contributed by atoms with van der Waals surface area (Å²) in [5, 5.41) is -4.44. The Balaban J connectivity index is 0.000000208. The van der Waals surface area contributed by atoms with Crippen molar-refractivity contribution in [2.45, 2.75) is 52.5 Å². The molecule has 0 amide bonds. The topological polar surface area (TPSA) is 107 Å². The van der Waals surface area contributed by atoms with Crippen LogP contribution in [0.2, 0.25) is 0 Å². The quantitative estimate of drug-likeness (QED) is 0.0920. The first-order valence-corrected chi connectivity index (χ1v) is 16.4. The van der Waals surface area contributed by atoms with Gasteiger partial charge in [0.15, 0.2) is 21.3 Å². The number of rotatable bonds is 9. The molecular weight excluding hydrogens is 598 g/mol. The fraction of sp³-hybridized carbons (Fsp3) is 0.312. The summed E-state index contributed by atoms with van der Waals surface area (Å²) < 4.78 is 64.2. The largest absolute Gasteiger partial charge is 0.458 e. The van der Waals surface area contributed by atoms with Crippen LogP contribution in [-0.4, -0.2) is 36.8 Å². The number of esters is 2. The molecule has 0 saturated heterocycles. The third kappa shape index (κ3) is 8.31. The van der Waals surface area contributed by atoms with Gasteiger partial charge in [0.25, 0.3) is 0 Å². The van der Waals surface area contributed by atoms with Crippen LogP contribution in [0.15, 0.2) is 112 Å². The van der Waals surface area contributed by atoms with Crippen molar-refractivity contribution in [1.82, 2.24) is 0 Å². The van der Waals surface area contributed by atoms with Crippen LogP contribution in [-0.2, 0) is 35.3 Å².